The second-order valence-electron chi connectivity index (χ2n) is 4.78. The predicted molar refractivity (Wildman–Crippen MR) is 85.3 cm³/mol. The molecule has 3 nitrogen and oxygen atoms in total. The molecule has 0 spiro atoms. The number of ether oxygens (including phenoxy) is 1. The maximum absolute atomic E-state index is 13.6. The first-order valence-corrected chi connectivity index (χ1v) is 7.40. The van der Waals surface area contributed by atoms with Crippen LogP contribution in [0.25, 0.3) is 0 Å². The van der Waals surface area contributed by atoms with Crippen molar-refractivity contribution >= 4 is 21.6 Å². The van der Waals surface area contributed by atoms with Gasteiger partial charge in [-0.25, -0.2) is 4.39 Å². The molecule has 2 aromatic carbocycles. The topological polar surface area (TPSA) is 41.5 Å². The standard InChI is InChI=1S/C16H17BrFNO2/c1-11-2-5-14(6-3-11)21-10-13(20)9-19-16-7-4-12(17)8-15(16)18/h2-8,13,19-20H,9-10H2,1H3. The second-order valence-corrected chi connectivity index (χ2v) is 5.70. The summed E-state index contributed by atoms with van der Waals surface area (Å²) in [5, 5.41) is 12.7. The Labute approximate surface area is 131 Å². The molecule has 112 valence electrons. The highest BCUT2D eigenvalue weighted by molar-refractivity contribution is 9.10. The average molecular weight is 354 g/mol. The fourth-order valence-corrected chi connectivity index (χ4v) is 2.08. The Morgan fingerprint density at radius 3 is 2.62 bits per heavy atom. The molecular formula is C16H17BrFNO2. The van der Waals surface area contributed by atoms with Crippen LogP contribution in [-0.2, 0) is 0 Å². The third-order valence-corrected chi connectivity index (χ3v) is 3.42. The number of anilines is 1. The summed E-state index contributed by atoms with van der Waals surface area (Å²) in [7, 11) is 0. The van der Waals surface area contributed by atoms with E-state index < -0.39 is 6.10 Å². The third-order valence-electron chi connectivity index (χ3n) is 2.92. The summed E-state index contributed by atoms with van der Waals surface area (Å²) in [4.78, 5) is 0. The molecule has 0 saturated heterocycles. The van der Waals surface area contributed by atoms with E-state index in [0.29, 0.717) is 15.9 Å². The number of benzene rings is 2. The van der Waals surface area contributed by atoms with E-state index in [4.69, 9.17) is 4.74 Å². The molecule has 2 rings (SSSR count). The Balaban J connectivity index is 1.79. The van der Waals surface area contributed by atoms with Gasteiger partial charge in [0.1, 0.15) is 24.3 Å². The molecule has 0 aliphatic carbocycles. The number of halogens is 2. The molecule has 1 atom stereocenters. The van der Waals surface area contributed by atoms with Gasteiger partial charge in [-0.1, -0.05) is 33.6 Å². The maximum atomic E-state index is 13.6. The van der Waals surface area contributed by atoms with Crippen LogP contribution in [0.15, 0.2) is 46.9 Å². The zero-order valence-electron chi connectivity index (χ0n) is 11.6. The van der Waals surface area contributed by atoms with Crippen LogP contribution in [0, 0.1) is 12.7 Å². The molecule has 0 radical (unpaired) electrons. The normalized spacial score (nSPS) is 12.0. The van der Waals surface area contributed by atoms with E-state index >= 15 is 0 Å². The minimum absolute atomic E-state index is 0.147. The first-order chi connectivity index (χ1) is 10.0. The molecule has 0 heterocycles. The molecule has 0 amide bonds. The Morgan fingerprint density at radius 1 is 1.24 bits per heavy atom. The Hall–Kier alpha value is -1.59. The Morgan fingerprint density at radius 2 is 1.95 bits per heavy atom. The molecule has 0 fully saturated rings. The summed E-state index contributed by atoms with van der Waals surface area (Å²) < 4.78 is 19.7. The Bertz CT molecular complexity index is 589. The molecule has 5 heteroatoms. The first-order valence-electron chi connectivity index (χ1n) is 6.61. The molecule has 0 aliphatic rings. The van der Waals surface area contributed by atoms with Crippen LogP contribution in [0.2, 0.25) is 0 Å². The molecule has 0 aromatic heterocycles. The van der Waals surface area contributed by atoms with Crippen LogP contribution in [0.3, 0.4) is 0 Å². The summed E-state index contributed by atoms with van der Waals surface area (Å²) >= 11 is 3.19. The summed E-state index contributed by atoms with van der Waals surface area (Å²) in [6.45, 7) is 2.36. The van der Waals surface area contributed by atoms with Gasteiger partial charge in [0.25, 0.3) is 0 Å². The number of hydrogen-bond acceptors (Lipinski definition) is 3. The highest BCUT2D eigenvalue weighted by Gasteiger charge is 2.08. The van der Waals surface area contributed by atoms with Crippen LogP contribution >= 0.6 is 15.9 Å². The SMILES string of the molecule is Cc1ccc(OCC(O)CNc2ccc(Br)cc2F)cc1. The third kappa shape index (κ3) is 5.02. The van der Waals surface area contributed by atoms with Crippen molar-refractivity contribution in [3.63, 3.8) is 0 Å². The fourth-order valence-electron chi connectivity index (χ4n) is 1.75. The van der Waals surface area contributed by atoms with Gasteiger partial charge in [-0.05, 0) is 37.3 Å². The zero-order chi connectivity index (χ0) is 15.2. The van der Waals surface area contributed by atoms with E-state index in [1.807, 2.05) is 31.2 Å². The fraction of sp³-hybridized carbons (Fsp3) is 0.250. The van der Waals surface area contributed by atoms with E-state index in [1.165, 1.54) is 6.07 Å². The molecular weight excluding hydrogens is 337 g/mol. The zero-order valence-corrected chi connectivity index (χ0v) is 13.2. The lowest BCUT2D eigenvalue weighted by atomic mass is 10.2. The summed E-state index contributed by atoms with van der Waals surface area (Å²) in [5.41, 5.74) is 1.50. The van der Waals surface area contributed by atoms with Gasteiger partial charge in [0.2, 0.25) is 0 Å². The number of rotatable bonds is 6. The smallest absolute Gasteiger partial charge is 0.147 e. The summed E-state index contributed by atoms with van der Waals surface area (Å²) in [6.07, 6.45) is -0.727. The summed E-state index contributed by atoms with van der Waals surface area (Å²) in [5.74, 6) is 0.338. The first kappa shape index (κ1) is 15.8. The molecule has 2 N–H and O–H groups in total. The van der Waals surface area contributed by atoms with Crippen LogP contribution in [-0.4, -0.2) is 24.4 Å². The van der Waals surface area contributed by atoms with Crippen molar-refractivity contribution in [2.45, 2.75) is 13.0 Å². The van der Waals surface area contributed by atoms with Gasteiger partial charge in [0, 0.05) is 11.0 Å². The molecule has 0 aliphatic heterocycles. The van der Waals surface area contributed by atoms with Crippen LogP contribution < -0.4 is 10.1 Å². The highest BCUT2D eigenvalue weighted by atomic mass is 79.9. The van der Waals surface area contributed by atoms with Crippen molar-refractivity contribution in [1.82, 2.24) is 0 Å². The van der Waals surface area contributed by atoms with Gasteiger partial charge in [-0.2, -0.15) is 0 Å². The minimum atomic E-state index is -0.727. The van der Waals surface area contributed by atoms with E-state index in [0.717, 1.165) is 5.56 Å². The molecule has 2 aromatic rings. The minimum Gasteiger partial charge on any atom is -0.491 e. The van der Waals surface area contributed by atoms with Crippen molar-refractivity contribution in [2.24, 2.45) is 0 Å². The van der Waals surface area contributed by atoms with Gasteiger partial charge in [0.05, 0.1) is 5.69 Å². The molecule has 0 bridgehead atoms. The molecule has 1 unspecified atom stereocenters. The van der Waals surface area contributed by atoms with Gasteiger partial charge in [0.15, 0.2) is 0 Å². The van der Waals surface area contributed by atoms with Crippen molar-refractivity contribution < 1.29 is 14.2 Å². The van der Waals surface area contributed by atoms with E-state index in [9.17, 15) is 9.50 Å². The van der Waals surface area contributed by atoms with Crippen molar-refractivity contribution in [3.8, 4) is 5.75 Å². The Kier molecular flexibility index (Phi) is 5.59. The number of aliphatic hydroxyl groups excluding tert-OH is 1. The van der Waals surface area contributed by atoms with Crippen LogP contribution in [0.1, 0.15) is 5.56 Å². The highest BCUT2D eigenvalue weighted by Crippen LogP contribution is 2.19. The number of nitrogens with one attached hydrogen (secondary N) is 1. The lowest BCUT2D eigenvalue weighted by molar-refractivity contribution is 0.117. The predicted octanol–water partition coefficient (Wildman–Crippen LogP) is 3.75. The van der Waals surface area contributed by atoms with E-state index in [2.05, 4.69) is 21.2 Å². The van der Waals surface area contributed by atoms with Crippen LogP contribution in [0.4, 0.5) is 10.1 Å². The van der Waals surface area contributed by atoms with Crippen LogP contribution in [0.5, 0.6) is 5.75 Å². The quantitative estimate of drug-likeness (QED) is 0.830. The molecule has 0 saturated carbocycles. The van der Waals surface area contributed by atoms with E-state index in [1.54, 1.807) is 12.1 Å². The van der Waals surface area contributed by atoms with Crippen molar-refractivity contribution in [1.29, 1.82) is 0 Å². The molecule has 21 heavy (non-hydrogen) atoms. The van der Waals surface area contributed by atoms with Gasteiger partial charge in [-0.15, -0.1) is 0 Å². The lowest BCUT2D eigenvalue weighted by Gasteiger charge is -2.14. The average Bonchev–Trinajstić information content (AvgIpc) is 2.46. The number of aryl methyl sites for hydroxylation is 1. The van der Waals surface area contributed by atoms with Gasteiger partial charge < -0.3 is 15.2 Å². The van der Waals surface area contributed by atoms with Gasteiger partial charge in [-0.3, -0.25) is 0 Å². The number of hydrogen-bond donors (Lipinski definition) is 2. The largest absolute Gasteiger partial charge is 0.491 e. The second kappa shape index (κ2) is 7.43. The van der Waals surface area contributed by atoms with E-state index in [-0.39, 0.29) is 19.0 Å². The maximum Gasteiger partial charge on any atom is 0.147 e. The van der Waals surface area contributed by atoms with Crippen molar-refractivity contribution in [3.05, 3.63) is 58.3 Å². The lowest BCUT2D eigenvalue weighted by Crippen LogP contribution is -2.26. The van der Waals surface area contributed by atoms with Crippen molar-refractivity contribution in [2.75, 3.05) is 18.5 Å². The number of aliphatic hydroxyl groups is 1. The summed E-state index contributed by atoms with van der Waals surface area (Å²) in [6, 6.07) is 12.3. The van der Waals surface area contributed by atoms with Gasteiger partial charge >= 0.3 is 0 Å². The monoisotopic (exact) mass is 353 g/mol.